The molecule has 0 saturated heterocycles. The van der Waals surface area contributed by atoms with Gasteiger partial charge in [-0.15, -0.1) is 0 Å². The third kappa shape index (κ3) is 2.27. The molecule has 0 atom stereocenters. The second kappa shape index (κ2) is 4.96. The van der Waals surface area contributed by atoms with Crippen LogP contribution in [0.1, 0.15) is 0 Å². The van der Waals surface area contributed by atoms with Crippen molar-refractivity contribution in [3.8, 4) is 5.75 Å². The van der Waals surface area contributed by atoms with Crippen LogP contribution in [0.2, 0.25) is 0 Å². The van der Waals surface area contributed by atoms with Crippen molar-refractivity contribution in [2.24, 2.45) is 0 Å². The van der Waals surface area contributed by atoms with E-state index in [1.54, 1.807) is 18.2 Å². The first kappa shape index (κ1) is 11.6. The van der Waals surface area contributed by atoms with Gasteiger partial charge in [-0.1, -0.05) is 0 Å². The number of carbonyl (C=O) groups excluding carboxylic acids is 1. The molecule has 5 nitrogen and oxygen atoms in total. The van der Waals surface area contributed by atoms with E-state index < -0.39 is 0 Å². The van der Waals surface area contributed by atoms with Crippen LogP contribution >= 0.6 is 22.6 Å². The topological polar surface area (TPSA) is 51.7 Å². The first-order chi connectivity index (χ1) is 7.72. The van der Waals surface area contributed by atoms with E-state index in [0.29, 0.717) is 24.7 Å². The van der Waals surface area contributed by atoms with Gasteiger partial charge in [0.15, 0.2) is 18.2 Å². The molecule has 86 valence electrons. The highest BCUT2D eigenvalue weighted by molar-refractivity contribution is 14.1. The molecule has 0 saturated carbocycles. The molecular weight excluding hydrogens is 323 g/mol. The van der Waals surface area contributed by atoms with E-state index in [4.69, 9.17) is 9.47 Å². The standard InChI is InChI=1S/C10H11IN2O3/c1-15-3-2-13-9(14)6-16-8-4-7(11)5-12-10(8)13/h4-5H,2-3,6H2,1H3. The van der Waals surface area contributed by atoms with Gasteiger partial charge in [-0.3, -0.25) is 9.69 Å². The van der Waals surface area contributed by atoms with E-state index in [9.17, 15) is 4.79 Å². The molecule has 1 amide bonds. The second-order valence-electron chi connectivity index (χ2n) is 3.30. The van der Waals surface area contributed by atoms with Gasteiger partial charge < -0.3 is 9.47 Å². The van der Waals surface area contributed by atoms with Crippen LogP contribution in [-0.4, -0.2) is 37.8 Å². The summed E-state index contributed by atoms with van der Waals surface area (Å²) < 4.78 is 11.3. The minimum atomic E-state index is -0.0849. The Bertz CT molecular complexity index is 411. The lowest BCUT2D eigenvalue weighted by Gasteiger charge is -2.27. The number of methoxy groups -OCH3 is 1. The fourth-order valence-corrected chi connectivity index (χ4v) is 1.89. The number of anilines is 1. The zero-order chi connectivity index (χ0) is 11.5. The molecular formula is C10H11IN2O3. The van der Waals surface area contributed by atoms with Crippen LogP contribution in [0, 0.1) is 3.57 Å². The molecule has 0 radical (unpaired) electrons. The van der Waals surface area contributed by atoms with E-state index in [1.165, 1.54) is 0 Å². The van der Waals surface area contributed by atoms with Crippen molar-refractivity contribution >= 4 is 34.3 Å². The van der Waals surface area contributed by atoms with E-state index >= 15 is 0 Å². The lowest BCUT2D eigenvalue weighted by Crippen LogP contribution is -2.41. The molecule has 0 spiro atoms. The monoisotopic (exact) mass is 334 g/mol. The lowest BCUT2D eigenvalue weighted by atomic mass is 10.3. The number of hydrogen-bond acceptors (Lipinski definition) is 4. The number of halogens is 1. The zero-order valence-electron chi connectivity index (χ0n) is 8.77. The molecule has 1 aromatic rings. The molecule has 2 heterocycles. The van der Waals surface area contributed by atoms with Crippen molar-refractivity contribution in [1.82, 2.24) is 4.98 Å². The van der Waals surface area contributed by atoms with Crippen LogP contribution in [0.5, 0.6) is 5.75 Å². The van der Waals surface area contributed by atoms with Crippen molar-refractivity contribution < 1.29 is 14.3 Å². The Morgan fingerprint density at radius 1 is 1.69 bits per heavy atom. The summed E-state index contributed by atoms with van der Waals surface area (Å²) in [5.74, 6) is 1.15. The van der Waals surface area contributed by atoms with Crippen molar-refractivity contribution in [3.63, 3.8) is 0 Å². The Hall–Kier alpha value is -0.890. The Balaban J connectivity index is 2.29. The van der Waals surface area contributed by atoms with E-state index in [2.05, 4.69) is 27.6 Å². The molecule has 6 heteroatoms. The average molecular weight is 334 g/mol. The molecule has 0 aromatic carbocycles. The number of hydrogen-bond donors (Lipinski definition) is 0. The van der Waals surface area contributed by atoms with Crippen molar-refractivity contribution in [3.05, 3.63) is 15.8 Å². The summed E-state index contributed by atoms with van der Waals surface area (Å²) in [6, 6.07) is 1.87. The number of carbonyl (C=O) groups is 1. The number of nitrogens with zero attached hydrogens (tertiary/aromatic N) is 2. The van der Waals surface area contributed by atoms with Crippen LogP contribution in [0.4, 0.5) is 5.82 Å². The van der Waals surface area contributed by atoms with Crippen LogP contribution in [-0.2, 0) is 9.53 Å². The normalized spacial score (nSPS) is 14.6. The van der Waals surface area contributed by atoms with Crippen molar-refractivity contribution in [2.45, 2.75) is 0 Å². The largest absolute Gasteiger partial charge is 0.480 e. The number of rotatable bonds is 3. The summed E-state index contributed by atoms with van der Waals surface area (Å²) in [6.45, 7) is 1.05. The average Bonchev–Trinajstić information content (AvgIpc) is 2.28. The lowest BCUT2D eigenvalue weighted by molar-refractivity contribution is -0.121. The van der Waals surface area contributed by atoms with Gasteiger partial charge in [-0.05, 0) is 28.7 Å². The molecule has 1 aliphatic rings. The van der Waals surface area contributed by atoms with E-state index in [-0.39, 0.29) is 12.5 Å². The van der Waals surface area contributed by atoms with Crippen LogP contribution in [0.3, 0.4) is 0 Å². The Kier molecular flexibility index (Phi) is 3.59. The van der Waals surface area contributed by atoms with Gasteiger partial charge >= 0.3 is 0 Å². The Labute approximate surface area is 107 Å². The van der Waals surface area contributed by atoms with Gasteiger partial charge in [0.1, 0.15) is 0 Å². The summed E-state index contributed by atoms with van der Waals surface area (Å²) in [6.07, 6.45) is 1.71. The van der Waals surface area contributed by atoms with Crippen molar-refractivity contribution in [1.29, 1.82) is 0 Å². The van der Waals surface area contributed by atoms with Crippen LogP contribution in [0.25, 0.3) is 0 Å². The van der Waals surface area contributed by atoms with E-state index in [1.807, 2.05) is 6.07 Å². The fourth-order valence-electron chi connectivity index (χ4n) is 1.47. The molecule has 2 rings (SSSR count). The molecule has 1 aliphatic heterocycles. The highest BCUT2D eigenvalue weighted by Crippen LogP contribution is 2.30. The van der Waals surface area contributed by atoms with Gasteiger partial charge in [-0.2, -0.15) is 0 Å². The second-order valence-corrected chi connectivity index (χ2v) is 4.55. The first-order valence-electron chi connectivity index (χ1n) is 4.80. The summed E-state index contributed by atoms with van der Waals surface area (Å²) in [4.78, 5) is 17.5. The minimum Gasteiger partial charge on any atom is -0.480 e. The number of amides is 1. The molecule has 0 aliphatic carbocycles. The summed E-state index contributed by atoms with van der Waals surface area (Å²) >= 11 is 2.16. The molecule has 0 unspecified atom stereocenters. The predicted molar refractivity (Wildman–Crippen MR) is 66.7 cm³/mol. The van der Waals surface area contributed by atoms with Crippen LogP contribution in [0.15, 0.2) is 12.3 Å². The first-order valence-corrected chi connectivity index (χ1v) is 5.88. The number of fused-ring (bicyclic) bond motifs is 1. The van der Waals surface area contributed by atoms with Gasteiger partial charge in [0.05, 0.1) is 13.2 Å². The summed E-state index contributed by atoms with van der Waals surface area (Å²) in [5.41, 5.74) is 0. The third-order valence-corrected chi connectivity index (χ3v) is 2.82. The van der Waals surface area contributed by atoms with Gasteiger partial charge in [0.25, 0.3) is 5.91 Å². The van der Waals surface area contributed by atoms with Gasteiger partial charge in [-0.25, -0.2) is 4.98 Å². The Morgan fingerprint density at radius 3 is 3.25 bits per heavy atom. The maximum Gasteiger partial charge on any atom is 0.266 e. The third-order valence-electron chi connectivity index (χ3n) is 2.23. The fraction of sp³-hybridized carbons (Fsp3) is 0.400. The predicted octanol–water partition coefficient (Wildman–Crippen LogP) is 1.06. The summed E-state index contributed by atoms with van der Waals surface area (Å²) in [7, 11) is 1.60. The maximum absolute atomic E-state index is 11.7. The molecule has 0 bridgehead atoms. The van der Waals surface area contributed by atoms with Crippen molar-refractivity contribution in [2.75, 3.05) is 31.8 Å². The molecule has 16 heavy (non-hydrogen) atoms. The molecule has 0 fully saturated rings. The number of pyridine rings is 1. The van der Waals surface area contributed by atoms with Gasteiger partial charge in [0.2, 0.25) is 0 Å². The highest BCUT2D eigenvalue weighted by atomic mass is 127. The number of ether oxygens (including phenoxy) is 2. The number of aromatic nitrogens is 1. The van der Waals surface area contributed by atoms with Gasteiger partial charge in [0, 0.05) is 16.9 Å². The zero-order valence-corrected chi connectivity index (χ0v) is 10.9. The molecule has 1 aromatic heterocycles. The Morgan fingerprint density at radius 2 is 2.50 bits per heavy atom. The van der Waals surface area contributed by atoms with E-state index in [0.717, 1.165) is 3.57 Å². The highest BCUT2D eigenvalue weighted by Gasteiger charge is 2.26. The smallest absolute Gasteiger partial charge is 0.266 e. The summed E-state index contributed by atoms with van der Waals surface area (Å²) in [5, 5.41) is 0. The maximum atomic E-state index is 11.7. The van der Waals surface area contributed by atoms with Crippen LogP contribution < -0.4 is 9.64 Å². The SMILES string of the molecule is COCCN1C(=O)COc2cc(I)cnc21. The quantitative estimate of drug-likeness (QED) is 0.776. The molecule has 0 N–H and O–H groups in total. The minimum absolute atomic E-state index is 0.0679.